The maximum atomic E-state index is 5.99. The van der Waals surface area contributed by atoms with Crippen molar-refractivity contribution in [2.75, 3.05) is 28.7 Å². The molecule has 3 aromatic heterocycles. The van der Waals surface area contributed by atoms with Crippen LogP contribution in [-0.4, -0.2) is 27.0 Å². The molecule has 0 atom stereocenters. The van der Waals surface area contributed by atoms with Crippen molar-refractivity contribution in [2.45, 2.75) is 6.54 Å². The maximum absolute atomic E-state index is 5.99. The van der Waals surface area contributed by atoms with Gasteiger partial charge in [-0.3, -0.25) is 4.98 Å². The van der Waals surface area contributed by atoms with Crippen LogP contribution < -0.4 is 21.7 Å². The molecular weight excluding hydrogens is 352 g/mol. The van der Waals surface area contributed by atoms with E-state index >= 15 is 0 Å². The normalized spacial score (nSPS) is 10.6. The van der Waals surface area contributed by atoms with Gasteiger partial charge in [-0.15, -0.1) is 0 Å². The van der Waals surface area contributed by atoms with E-state index in [1.54, 1.807) is 18.6 Å². The van der Waals surface area contributed by atoms with Gasteiger partial charge in [0, 0.05) is 43.1 Å². The first-order chi connectivity index (χ1) is 13.7. The molecule has 3 heterocycles. The Morgan fingerprint density at radius 1 is 0.964 bits per heavy atom. The van der Waals surface area contributed by atoms with Gasteiger partial charge < -0.3 is 21.7 Å². The Labute approximate surface area is 162 Å². The zero-order valence-corrected chi connectivity index (χ0v) is 15.3. The first-order valence-electron chi connectivity index (χ1n) is 8.82. The molecule has 0 spiro atoms. The number of nitrogen functional groups attached to an aromatic ring is 1. The standard InChI is InChI=1S/C20H20N8/c1-22-17-10-15(6-8-24-17)27-18-12-25-19(21)20(28-18)26-11-13-4-5-16-14(9-13)3-2-7-23-16/h2-10,12H,11H2,1H3,(H2,21,25)(H3,22,24,26,27,28). The average Bonchev–Trinajstić information content (AvgIpc) is 2.74. The van der Waals surface area contributed by atoms with E-state index in [1.807, 2.05) is 43.4 Å². The van der Waals surface area contributed by atoms with Crippen LogP contribution in [0.3, 0.4) is 0 Å². The largest absolute Gasteiger partial charge is 0.381 e. The van der Waals surface area contributed by atoms with Crippen molar-refractivity contribution < 1.29 is 0 Å². The molecule has 4 rings (SSSR count). The lowest BCUT2D eigenvalue weighted by Crippen LogP contribution is -2.08. The summed E-state index contributed by atoms with van der Waals surface area (Å²) in [6.45, 7) is 0.576. The van der Waals surface area contributed by atoms with Crippen LogP contribution in [0.25, 0.3) is 10.9 Å². The van der Waals surface area contributed by atoms with E-state index < -0.39 is 0 Å². The molecule has 0 saturated heterocycles. The smallest absolute Gasteiger partial charge is 0.171 e. The summed E-state index contributed by atoms with van der Waals surface area (Å²) in [4.78, 5) is 17.3. The predicted octanol–water partition coefficient (Wildman–Crippen LogP) is 3.40. The van der Waals surface area contributed by atoms with E-state index in [-0.39, 0.29) is 0 Å². The topological polar surface area (TPSA) is 114 Å². The molecule has 0 fully saturated rings. The van der Waals surface area contributed by atoms with Crippen molar-refractivity contribution in [3.63, 3.8) is 0 Å². The van der Waals surface area contributed by atoms with Crippen LogP contribution in [0, 0.1) is 0 Å². The molecule has 4 aromatic rings. The Balaban J connectivity index is 1.50. The number of rotatable bonds is 6. The summed E-state index contributed by atoms with van der Waals surface area (Å²) < 4.78 is 0. The van der Waals surface area contributed by atoms with E-state index in [2.05, 4.69) is 42.0 Å². The average molecular weight is 372 g/mol. The van der Waals surface area contributed by atoms with Gasteiger partial charge >= 0.3 is 0 Å². The van der Waals surface area contributed by atoms with Crippen LogP contribution in [0.4, 0.5) is 29.0 Å². The number of hydrogen-bond acceptors (Lipinski definition) is 8. The van der Waals surface area contributed by atoms with Gasteiger partial charge in [0.25, 0.3) is 0 Å². The molecule has 0 radical (unpaired) electrons. The summed E-state index contributed by atoms with van der Waals surface area (Å²) in [5.41, 5.74) is 8.91. The Bertz CT molecular complexity index is 1110. The van der Waals surface area contributed by atoms with Crippen molar-refractivity contribution in [1.29, 1.82) is 0 Å². The third-order valence-electron chi connectivity index (χ3n) is 4.22. The Morgan fingerprint density at radius 2 is 1.89 bits per heavy atom. The molecule has 0 unspecified atom stereocenters. The van der Waals surface area contributed by atoms with Crippen molar-refractivity contribution >= 4 is 39.9 Å². The highest BCUT2D eigenvalue weighted by atomic mass is 15.1. The van der Waals surface area contributed by atoms with Gasteiger partial charge in [0.1, 0.15) is 5.82 Å². The maximum Gasteiger partial charge on any atom is 0.171 e. The minimum atomic E-state index is 0.346. The molecule has 8 nitrogen and oxygen atoms in total. The number of anilines is 5. The van der Waals surface area contributed by atoms with Crippen LogP contribution in [0.2, 0.25) is 0 Å². The molecule has 0 saturated carbocycles. The quantitative estimate of drug-likeness (QED) is 0.407. The van der Waals surface area contributed by atoms with Gasteiger partial charge in [-0.05, 0) is 29.8 Å². The van der Waals surface area contributed by atoms with Crippen LogP contribution in [0.5, 0.6) is 0 Å². The molecule has 0 aliphatic carbocycles. The summed E-state index contributed by atoms with van der Waals surface area (Å²) in [6.07, 6.45) is 5.10. The number of pyridine rings is 2. The van der Waals surface area contributed by atoms with Crippen LogP contribution >= 0.6 is 0 Å². The number of aromatic nitrogens is 4. The summed E-state index contributed by atoms with van der Waals surface area (Å²) in [5.74, 6) is 2.23. The van der Waals surface area contributed by atoms with E-state index in [1.165, 1.54) is 0 Å². The van der Waals surface area contributed by atoms with Crippen molar-refractivity contribution in [1.82, 2.24) is 19.9 Å². The monoisotopic (exact) mass is 372 g/mol. The van der Waals surface area contributed by atoms with Gasteiger partial charge in [-0.2, -0.15) is 0 Å². The number of nitrogens with two attached hydrogens (primary N) is 1. The van der Waals surface area contributed by atoms with Crippen molar-refractivity contribution in [3.8, 4) is 0 Å². The number of fused-ring (bicyclic) bond motifs is 1. The summed E-state index contributed by atoms with van der Waals surface area (Å²) >= 11 is 0. The van der Waals surface area contributed by atoms with Gasteiger partial charge in [-0.25, -0.2) is 15.0 Å². The van der Waals surface area contributed by atoms with Crippen molar-refractivity contribution in [2.24, 2.45) is 0 Å². The van der Waals surface area contributed by atoms with Gasteiger partial charge in [0.05, 0.1) is 11.7 Å². The minimum Gasteiger partial charge on any atom is -0.381 e. The lowest BCUT2D eigenvalue weighted by molar-refractivity contribution is 1.09. The second-order valence-corrected chi connectivity index (χ2v) is 6.18. The molecule has 28 heavy (non-hydrogen) atoms. The third kappa shape index (κ3) is 3.90. The highest BCUT2D eigenvalue weighted by molar-refractivity contribution is 5.79. The number of nitrogens with one attached hydrogen (secondary N) is 3. The minimum absolute atomic E-state index is 0.346. The predicted molar refractivity (Wildman–Crippen MR) is 113 cm³/mol. The lowest BCUT2D eigenvalue weighted by atomic mass is 10.1. The first kappa shape index (κ1) is 17.5. The SMILES string of the molecule is CNc1cc(Nc2cnc(N)c(NCc3ccc4ncccc4c3)n2)ccn1. The van der Waals surface area contributed by atoms with E-state index in [0.717, 1.165) is 28.0 Å². The van der Waals surface area contributed by atoms with Gasteiger partial charge in [-0.1, -0.05) is 12.1 Å². The molecule has 1 aromatic carbocycles. The molecule has 0 amide bonds. The molecular formula is C20H20N8. The van der Waals surface area contributed by atoms with Gasteiger partial charge in [0.15, 0.2) is 17.5 Å². The first-order valence-corrected chi connectivity index (χ1v) is 8.82. The van der Waals surface area contributed by atoms with E-state index in [9.17, 15) is 0 Å². The second kappa shape index (κ2) is 7.75. The summed E-state index contributed by atoms with van der Waals surface area (Å²) in [5, 5.41) is 10.6. The van der Waals surface area contributed by atoms with E-state index in [4.69, 9.17) is 5.73 Å². The highest BCUT2D eigenvalue weighted by Gasteiger charge is 2.06. The number of benzene rings is 1. The van der Waals surface area contributed by atoms with Crippen LogP contribution in [0.15, 0.2) is 61.1 Å². The molecule has 5 N–H and O–H groups in total. The molecule has 0 aliphatic rings. The van der Waals surface area contributed by atoms with Gasteiger partial charge in [0.2, 0.25) is 0 Å². The number of hydrogen-bond donors (Lipinski definition) is 4. The molecule has 0 bridgehead atoms. The molecule has 140 valence electrons. The Hall–Kier alpha value is -3.94. The third-order valence-corrected chi connectivity index (χ3v) is 4.22. The molecule has 8 heteroatoms. The Kier molecular flexibility index (Phi) is 4.83. The molecule has 0 aliphatic heterocycles. The fraction of sp³-hybridized carbons (Fsp3) is 0.100. The highest BCUT2D eigenvalue weighted by Crippen LogP contribution is 2.21. The van der Waals surface area contributed by atoms with E-state index in [0.29, 0.717) is 24.0 Å². The fourth-order valence-corrected chi connectivity index (χ4v) is 2.80. The van der Waals surface area contributed by atoms with Crippen LogP contribution in [0.1, 0.15) is 5.56 Å². The summed E-state index contributed by atoms with van der Waals surface area (Å²) in [6, 6.07) is 13.8. The zero-order chi connectivity index (χ0) is 19.3. The fourth-order valence-electron chi connectivity index (χ4n) is 2.80. The van der Waals surface area contributed by atoms with Crippen LogP contribution in [-0.2, 0) is 6.54 Å². The zero-order valence-electron chi connectivity index (χ0n) is 15.3. The summed E-state index contributed by atoms with van der Waals surface area (Å²) in [7, 11) is 1.82. The van der Waals surface area contributed by atoms with Crippen molar-refractivity contribution in [3.05, 3.63) is 66.6 Å². The lowest BCUT2D eigenvalue weighted by Gasteiger charge is -2.11. The Morgan fingerprint density at radius 3 is 2.79 bits per heavy atom. The number of nitrogens with zero attached hydrogens (tertiary/aromatic N) is 4. The second-order valence-electron chi connectivity index (χ2n) is 6.18.